The van der Waals surface area contributed by atoms with E-state index in [1.54, 1.807) is 0 Å². The summed E-state index contributed by atoms with van der Waals surface area (Å²) in [6.45, 7) is 6.49. The summed E-state index contributed by atoms with van der Waals surface area (Å²) in [4.78, 5) is 7.02. The van der Waals surface area contributed by atoms with E-state index in [1.165, 1.54) is 0 Å². The Balaban J connectivity index is 2.52. The summed E-state index contributed by atoms with van der Waals surface area (Å²) in [6.07, 6.45) is 0.643. The summed E-state index contributed by atoms with van der Waals surface area (Å²) < 4.78 is 0. The lowest BCUT2D eigenvalue weighted by Gasteiger charge is -2.43. The molecule has 4 nitrogen and oxygen atoms in total. The van der Waals surface area contributed by atoms with Crippen LogP contribution in [0.2, 0.25) is 0 Å². The fraction of sp³-hybridized carbons (Fsp3) is 0.917. The molecule has 0 spiro atoms. The molecule has 0 bridgehead atoms. The van der Waals surface area contributed by atoms with Gasteiger partial charge in [0.15, 0.2) is 0 Å². The summed E-state index contributed by atoms with van der Waals surface area (Å²) in [6, 6.07) is 3.31. The van der Waals surface area contributed by atoms with Gasteiger partial charge in [-0.3, -0.25) is 4.90 Å². The van der Waals surface area contributed by atoms with Crippen molar-refractivity contribution in [1.29, 1.82) is 5.26 Å². The molecule has 92 valence electrons. The quantitative estimate of drug-likeness (QED) is 0.695. The standard InChI is InChI=1S/C12H24N4/c1-11-9-16(8-7-14(2)3)12(5-6-13)10-15(11)4/h11-12H,5,7-10H2,1-4H3. The van der Waals surface area contributed by atoms with E-state index in [9.17, 15) is 0 Å². The van der Waals surface area contributed by atoms with Crippen LogP contribution in [0.5, 0.6) is 0 Å². The molecule has 0 aromatic carbocycles. The molecule has 2 atom stereocenters. The molecule has 1 heterocycles. The lowest BCUT2D eigenvalue weighted by atomic mass is 10.1. The average molecular weight is 224 g/mol. The van der Waals surface area contributed by atoms with Crippen LogP contribution in [0.4, 0.5) is 0 Å². The van der Waals surface area contributed by atoms with Crippen LogP contribution in [0.3, 0.4) is 0 Å². The van der Waals surface area contributed by atoms with Gasteiger partial charge in [0.25, 0.3) is 0 Å². The minimum Gasteiger partial charge on any atom is -0.308 e. The minimum absolute atomic E-state index is 0.408. The van der Waals surface area contributed by atoms with E-state index in [0.29, 0.717) is 18.5 Å². The molecule has 1 aliphatic rings. The van der Waals surface area contributed by atoms with Gasteiger partial charge in [-0.15, -0.1) is 0 Å². The number of nitrogens with zero attached hydrogens (tertiary/aromatic N) is 4. The van der Waals surface area contributed by atoms with Crippen molar-refractivity contribution in [2.45, 2.75) is 25.4 Å². The molecule has 0 N–H and O–H groups in total. The number of likely N-dealkylation sites (N-methyl/N-ethyl adjacent to an activating group) is 2. The predicted molar refractivity (Wildman–Crippen MR) is 66.2 cm³/mol. The van der Waals surface area contributed by atoms with Crippen molar-refractivity contribution in [2.75, 3.05) is 47.3 Å². The first-order valence-electron chi connectivity index (χ1n) is 6.00. The molecule has 1 saturated heterocycles. The van der Waals surface area contributed by atoms with Gasteiger partial charge in [0, 0.05) is 38.3 Å². The highest BCUT2D eigenvalue weighted by molar-refractivity contribution is 4.90. The van der Waals surface area contributed by atoms with E-state index in [-0.39, 0.29) is 0 Å². The van der Waals surface area contributed by atoms with Gasteiger partial charge in [-0.25, -0.2) is 0 Å². The maximum absolute atomic E-state index is 8.86. The first-order valence-corrected chi connectivity index (χ1v) is 6.00. The lowest BCUT2D eigenvalue weighted by molar-refractivity contribution is 0.0495. The minimum atomic E-state index is 0.408. The van der Waals surface area contributed by atoms with Crippen molar-refractivity contribution in [3.05, 3.63) is 0 Å². The summed E-state index contributed by atoms with van der Waals surface area (Å²) in [7, 11) is 6.34. The van der Waals surface area contributed by atoms with Crippen LogP contribution in [-0.4, -0.2) is 74.1 Å². The van der Waals surface area contributed by atoms with Gasteiger partial charge >= 0.3 is 0 Å². The second kappa shape index (κ2) is 6.19. The summed E-state index contributed by atoms with van der Waals surface area (Å²) in [5, 5.41) is 8.86. The van der Waals surface area contributed by atoms with Crippen LogP contribution in [-0.2, 0) is 0 Å². The number of rotatable bonds is 4. The van der Waals surface area contributed by atoms with Crippen LogP contribution in [0, 0.1) is 11.3 Å². The Hall–Kier alpha value is -0.630. The van der Waals surface area contributed by atoms with Gasteiger partial charge in [0.2, 0.25) is 0 Å². The molecule has 16 heavy (non-hydrogen) atoms. The smallest absolute Gasteiger partial charge is 0.0638 e. The number of piperazine rings is 1. The van der Waals surface area contributed by atoms with E-state index in [4.69, 9.17) is 5.26 Å². The summed E-state index contributed by atoms with van der Waals surface area (Å²) in [5.74, 6) is 0. The first kappa shape index (κ1) is 13.4. The molecule has 4 heteroatoms. The van der Waals surface area contributed by atoms with E-state index >= 15 is 0 Å². The molecule has 0 amide bonds. The Morgan fingerprint density at radius 1 is 1.38 bits per heavy atom. The normalized spacial score (nSPS) is 28.2. The zero-order valence-electron chi connectivity index (χ0n) is 11.0. The van der Waals surface area contributed by atoms with E-state index in [2.05, 4.69) is 48.8 Å². The zero-order valence-corrected chi connectivity index (χ0v) is 11.0. The maximum atomic E-state index is 8.86. The third-order valence-electron chi connectivity index (χ3n) is 3.43. The lowest BCUT2D eigenvalue weighted by Crippen LogP contribution is -2.56. The molecular formula is C12H24N4. The van der Waals surface area contributed by atoms with Crippen LogP contribution in [0.25, 0.3) is 0 Å². The Morgan fingerprint density at radius 3 is 2.62 bits per heavy atom. The largest absolute Gasteiger partial charge is 0.308 e. The highest BCUT2D eigenvalue weighted by Crippen LogP contribution is 2.15. The highest BCUT2D eigenvalue weighted by Gasteiger charge is 2.28. The molecule has 0 aromatic heterocycles. The number of nitriles is 1. The second-order valence-corrected chi connectivity index (χ2v) is 5.10. The van der Waals surface area contributed by atoms with E-state index in [1.807, 2.05) is 0 Å². The molecule has 2 unspecified atom stereocenters. The van der Waals surface area contributed by atoms with Crippen LogP contribution < -0.4 is 0 Å². The first-order chi connectivity index (χ1) is 7.54. The van der Waals surface area contributed by atoms with Crippen LogP contribution in [0.1, 0.15) is 13.3 Å². The Morgan fingerprint density at radius 2 is 2.06 bits per heavy atom. The molecule has 1 aliphatic heterocycles. The van der Waals surface area contributed by atoms with E-state index in [0.717, 1.165) is 26.2 Å². The monoisotopic (exact) mass is 224 g/mol. The Labute approximate surface area is 99.4 Å². The van der Waals surface area contributed by atoms with Gasteiger partial charge in [-0.1, -0.05) is 0 Å². The Kier molecular flexibility index (Phi) is 5.20. The number of hydrogen-bond donors (Lipinski definition) is 0. The fourth-order valence-corrected chi connectivity index (χ4v) is 2.16. The van der Waals surface area contributed by atoms with Gasteiger partial charge in [0.05, 0.1) is 12.5 Å². The third-order valence-corrected chi connectivity index (χ3v) is 3.43. The zero-order chi connectivity index (χ0) is 12.1. The van der Waals surface area contributed by atoms with Gasteiger partial charge in [-0.05, 0) is 28.1 Å². The van der Waals surface area contributed by atoms with Crippen molar-refractivity contribution in [2.24, 2.45) is 0 Å². The molecule has 0 aliphatic carbocycles. The van der Waals surface area contributed by atoms with Gasteiger partial charge in [0.1, 0.15) is 0 Å². The Bertz CT molecular complexity index is 246. The molecule has 0 radical (unpaired) electrons. The average Bonchev–Trinajstić information content (AvgIpc) is 2.21. The molecule has 1 rings (SSSR count). The molecular weight excluding hydrogens is 200 g/mol. The molecule has 1 fully saturated rings. The van der Waals surface area contributed by atoms with Crippen molar-refractivity contribution in [1.82, 2.24) is 14.7 Å². The molecule has 0 saturated carbocycles. The van der Waals surface area contributed by atoms with Crippen molar-refractivity contribution >= 4 is 0 Å². The SMILES string of the molecule is CC1CN(CCN(C)C)C(CC#N)CN1C. The predicted octanol–water partition coefficient (Wildman–Crippen LogP) is 0.466. The molecule has 0 aromatic rings. The fourth-order valence-electron chi connectivity index (χ4n) is 2.16. The summed E-state index contributed by atoms with van der Waals surface area (Å²) >= 11 is 0. The second-order valence-electron chi connectivity index (χ2n) is 5.10. The number of hydrogen-bond acceptors (Lipinski definition) is 4. The van der Waals surface area contributed by atoms with Crippen molar-refractivity contribution in [3.8, 4) is 6.07 Å². The van der Waals surface area contributed by atoms with Gasteiger partial charge < -0.3 is 9.80 Å². The highest BCUT2D eigenvalue weighted by atomic mass is 15.3. The van der Waals surface area contributed by atoms with Crippen molar-refractivity contribution in [3.63, 3.8) is 0 Å². The summed E-state index contributed by atoms with van der Waals surface area (Å²) in [5.41, 5.74) is 0. The van der Waals surface area contributed by atoms with Crippen LogP contribution in [0.15, 0.2) is 0 Å². The maximum Gasteiger partial charge on any atom is 0.0638 e. The van der Waals surface area contributed by atoms with Crippen molar-refractivity contribution < 1.29 is 0 Å². The van der Waals surface area contributed by atoms with E-state index < -0.39 is 0 Å². The third kappa shape index (κ3) is 3.75. The van der Waals surface area contributed by atoms with Gasteiger partial charge in [-0.2, -0.15) is 5.26 Å². The topological polar surface area (TPSA) is 33.5 Å². The van der Waals surface area contributed by atoms with Crippen LogP contribution >= 0.6 is 0 Å².